The van der Waals surface area contributed by atoms with Gasteiger partial charge in [0.2, 0.25) is 0 Å². The van der Waals surface area contributed by atoms with Crippen LogP contribution < -0.4 is 9.47 Å². The molecular formula is C16H17NO5S2. The summed E-state index contributed by atoms with van der Waals surface area (Å²) in [5.41, 5.74) is 0.679. The minimum Gasteiger partial charge on any atom is -0.493 e. The number of aliphatic carboxylic acids is 1. The average Bonchev–Trinajstić information content (AvgIpc) is 2.80. The Balaban J connectivity index is 2.35. The summed E-state index contributed by atoms with van der Waals surface area (Å²) in [6.45, 7) is 2.06. The number of hydrogen-bond acceptors (Lipinski definition) is 6. The van der Waals surface area contributed by atoms with Gasteiger partial charge in [-0.15, -0.1) is 0 Å². The molecule has 128 valence electrons. The SMILES string of the molecule is CCCOc1c(/C=C2\SC(=S)N(CC(=O)O)C2=O)cccc1OC. The van der Waals surface area contributed by atoms with Gasteiger partial charge in [0.15, 0.2) is 11.5 Å². The first kappa shape index (κ1) is 18.3. The van der Waals surface area contributed by atoms with Gasteiger partial charge in [-0.25, -0.2) is 0 Å². The maximum Gasteiger partial charge on any atom is 0.323 e. The van der Waals surface area contributed by atoms with Crippen LogP contribution in [-0.4, -0.2) is 46.5 Å². The molecule has 1 fully saturated rings. The van der Waals surface area contributed by atoms with Crippen LogP contribution in [0.15, 0.2) is 23.1 Å². The molecular weight excluding hydrogens is 350 g/mol. The molecule has 0 aliphatic carbocycles. The highest BCUT2D eigenvalue weighted by Gasteiger charge is 2.33. The molecule has 6 nitrogen and oxygen atoms in total. The van der Waals surface area contributed by atoms with Gasteiger partial charge in [0.1, 0.15) is 10.9 Å². The van der Waals surface area contributed by atoms with Crippen LogP contribution in [0.4, 0.5) is 0 Å². The molecule has 1 amide bonds. The van der Waals surface area contributed by atoms with Gasteiger partial charge in [-0.1, -0.05) is 43.0 Å². The molecule has 24 heavy (non-hydrogen) atoms. The van der Waals surface area contributed by atoms with Crippen molar-refractivity contribution in [2.75, 3.05) is 20.3 Å². The van der Waals surface area contributed by atoms with Crippen LogP contribution in [0.1, 0.15) is 18.9 Å². The van der Waals surface area contributed by atoms with E-state index in [9.17, 15) is 9.59 Å². The topological polar surface area (TPSA) is 76.1 Å². The Morgan fingerprint density at radius 2 is 2.21 bits per heavy atom. The lowest BCUT2D eigenvalue weighted by Crippen LogP contribution is -2.33. The molecule has 1 aliphatic heterocycles. The number of nitrogens with zero attached hydrogens (tertiary/aromatic N) is 1. The standard InChI is InChI=1S/C16H17NO5S2/c1-3-7-22-14-10(5-4-6-11(14)21-2)8-12-15(20)17(9-13(18)19)16(23)24-12/h4-6,8H,3,7,9H2,1-2H3,(H,18,19)/b12-8-. The normalized spacial score (nSPS) is 15.9. The van der Waals surface area contributed by atoms with Gasteiger partial charge in [0.05, 0.1) is 18.6 Å². The molecule has 0 bridgehead atoms. The zero-order valence-electron chi connectivity index (χ0n) is 13.3. The molecule has 1 saturated heterocycles. The maximum atomic E-state index is 12.3. The van der Waals surface area contributed by atoms with Gasteiger partial charge >= 0.3 is 5.97 Å². The smallest absolute Gasteiger partial charge is 0.323 e. The minimum atomic E-state index is -1.11. The number of methoxy groups -OCH3 is 1. The summed E-state index contributed by atoms with van der Waals surface area (Å²) < 4.78 is 11.3. The lowest BCUT2D eigenvalue weighted by molar-refractivity contribution is -0.140. The number of carbonyl (C=O) groups excluding carboxylic acids is 1. The molecule has 2 rings (SSSR count). The van der Waals surface area contributed by atoms with E-state index in [4.69, 9.17) is 26.8 Å². The van der Waals surface area contributed by atoms with E-state index in [0.717, 1.165) is 23.1 Å². The second-order valence-corrected chi connectivity index (χ2v) is 6.56. The Bertz CT molecular complexity index is 702. The number of carbonyl (C=O) groups is 2. The number of carboxylic acids is 1. The van der Waals surface area contributed by atoms with Crippen molar-refractivity contribution in [2.45, 2.75) is 13.3 Å². The van der Waals surface area contributed by atoms with Crippen molar-refractivity contribution in [2.24, 2.45) is 0 Å². The molecule has 0 saturated carbocycles. The highest BCUT2D eigenvalue weighted by Crippen LogP contribution is 2.37. The number of amides is 1. The van der Waals surface area contributed by atoms with Crippen LogP contribution in [0.3, 0.4) is 0 Å². The average molecular weight is 367 g/mol. The third-order valence-corrected chi connectivity index (χ3v) is 4.51. The number of carboxylic acid groups (broad SMARTS) is 1. The first-order chi connectivity index (χ1) is 11.5. The summed E-state index contributed by atoms with van der Waals surface area (Å²) in [6, 6.07) is 5.37. The molecule has 1 N–H and O–H groups in total. The number of hydrogen-bond donors (Lipinski definition) is 1. The largest absolute Gasteiger partial charge is 0.493 e. The Morgan fingerprint density at radius 3 is 2.83 bits per heavy atom. The summed E-state index contributed by atoms with van der Waals surface area (Å²) in [6.07, 6.45) is 2.48. The van der Waals surface area contributed by atoms with Crippen molar-refractivity contribution in [3.8, 4) is 11.5 Å². The number of benzene rings is 1. The van der Waals surface area contributed by atoms with Crippen molar-refractivity contribution in [3.05, 3.63) is 28.7 Å². The lowest BCUT2D eigenvalue weighted by Gasteiger charge is -2.13. The molecule has 1 aliphatic rings. The van der Waals surface area contributed by atoms with E-state index in [1.807, 2.05) is 6.92 Å². The van der Waals surface area contributed by atoms with Crippen molar-refractivity contribution in [1.82, 2.24) is 4.90 Å². The first-order valence-corrected chi connectivity index (χ1v) is 8.47. The Hall–Kier alpha value is -2.06. The fourth-order valence-electron chi connectivity index (χ4n) is 2.08. The molecule has 1 aromatic carbocycles. The summed E-state index contributed by atoms with van der Waals surface area (Å²) in [5, 5.41) is 8.88. The van der Waals surface area contributed by atoms with Crippen molar-refractivity contribution >= 4 is 46.3 Å². The van der Waals surface area contributed by atoms with Crippen LogP contribution in [0.5, 0.6) is 11.5 Å². The molecule has 0 radical (unpaired) electrons. The fourth-order valence-corrected chi connectivity index (χ4v) is 3.32. The van der Waals surface area contributed by atoms with E-state index in [-0.39, 0.29) is 4.32 Å². The molecule has 0 aromatic heterocycles. The first-order valence-electron chi connectivity index (χ1n) is 7.24. The van der Waals surface area contributed by atoms with Crippen LogP contribution >= 0.6 is 24.0 Å². The quantitative estimate of drug-likeness (QED) is 0.586. The van der Waals surface area contributed by atoms with E-state index in [0.29, 0.717) is 28.6 Å². The highest BCUT2D eigenvalue weighted by atomic mass is 32.2. The minimum absolute atomic E-state index is 0.229. The molecule has 8 heteroatoms. The van der Waals surface area contributed by atoms with Crippen LogP contribution in [0, 0.1) is 0 Å². The number of thioether (sulfide) groups is 1. The number of rotatable bonds is 7. The zero-order valence-corrected chi connectivity index (χ0v) is 14.9. The third kappa shape index (κ3) is 4.07. The van der Waals surface area contributed by atoms with Gasteiger partial charge in [-0.05, 0) is 18.6 Å². The van der Waals surface area contributed by atoms with Crippen molar-refractivity contribution in [1.29, 1.82) is 0 Å². The Kier molecular flexibility index (Phi) is 6.22. The fraction of sp³-hybridized carbons (Fsp3) is 0.312. The second-order valence-electron chi connectivity index (χ2n) is 4.89. The van der Waals surface area contributed by atoms with E-state index in [1.54, 1.807) is 31.4 Å². The molecule has 1 aromatic rings. The molecule has 1 heterocycles. The van der Waals surface area contributed by atoms with E-state index < -0.39 is 18.4 Å². The summed E-state index contributed by atoms with van der Waals surface area (Å²) in [5.74, 6) is -0.416. The zero-order chi connectivity index (χ0) is 17.7. The monoisotopic (exact) mass is 367 g/mol. The van der Waals surface area contributed by atoms with E-state index >= 15 is 0 Å². The van der Waals surface area contributed by atoms with Gasteiger partial charge in [-0.3, -0.25) is 14.5 Å². The van der Waals surface area contributed by atoms with E-state index in [2.05, 4.69) is 0 Å². The van der Waals surface area contributed by atoms with Crippen LogP contribution in [0.25, 0.3) is 6.08 Å². The number of para-hydroxylation sites is 1. The van der Waals surface area contributed by atoms with Gasteiger partial charge in [0, 0.05) is 5.56 Å². The maximum absolute atomic E-state index is 12.3. The molecule has 0 unspecified atom stereocenters. The predicted octanol–water partition coefficient (Wildman–Crippen LogP) is 2.77. The Labute approximate surface area is 149 Å². The summed E-state index contributed by atoms with van der Waals surface area (Å²) >= 11 is 6.16. The summed E-state index contributed by atoms with van der Waals surface area (Å²) in [4.78, 5) is 24.6. The van der Waals surface area contributed by atoms with Crippen LogP contribution in [-0.2, 0) is 9.59 Å². The van der Waals surface area contributed by atoms with E-state index in [1.165, 1.54) is 0 Å². The van der Waals surface area contributed by atoms with Crippen molar-refractivity contribution in [3.63, 3.8) is 0 Å². The highest BCUT2D eigenvalue weighted by molar-refractivity contribution is 8.26. The number of thiocarbonyl (C=S) groups is 1. The van der Waals surface area contributed by atoms with Gasteiger partial charge in [-0.2, -0.15) is 0 Å². The second kappa shape index (κ2) is 8.16. The number of ether oxygens (including phenoxy) is 2. The van der Waals surface area contributed by atoms with Crippen LogP contribution in [0.2, 0.25) is 0 Å². The molecule has 0 spiro atoms. The third-order valence-electron chi connectivity index (χ3n) is 3.13. The summed E-state index contributed by atoms with van der Waals surface area (Å²) in [7, 11) is 1.55. The van der Waals surface area contributed by atoms with Gasteiger partial charge in [0.25, 0.3) is 5.91 Å². The lowest BCUT2D eigenvalue weighted by atomic mass is 10.1. The Morgan fingerprint density at radius 1 is 1.46 bits per heavy atom. The molecule has 0 atom stereocenters. The van der Waals surface area contributed by atoms with Gasteiger partial charge < -0.3 is 14.6 Å². The van der Waals surface area contributed by atoms with Crippen molar-refractivity contribution < 1.29 is 24.2 Å². The predicted molar refractivity (Wildman–Crippen MR) is 96.3 cm³/mol.